The molecular formula is C20H21F2N5O3. The van der Waals surface area contributed by atoms with E-state index in [0.29, 0.717) is 37.6 Å². The molecule has 0 radical (unpaired) electrons. The van der Waals surface area contributed by atoms with Crippen LogP contribution in [0.2, 0.25) is 0 Å². The third-order valence-electron chi connectivity index (χ3n) is 4.40. The number of hydrogen-bond donors (Lipinski definition) is 2. The molecule has 2 heterocycles. The van der Waals surface area contributed by atoms with Crippen molar-refractivity contribution in [3.63, 3.8) is 0 Å². The Morgan fingerprint density at radius 1 is 1.03 bits per heavy atom. The average molecular weight is 417 g/mol. The van der Waals surface area contributed by atoms with Crippen molar-refractivity contribution >= 4 is 17.5 Å². The standard InChI is InChI=1S/C20H21F2N5O3/c21-14-7-8-15(16(22)13-14)19(29)24-9-3-6-18(28)23-10-4-12-27-20(30)26-11-2-1-5-17(26)25-27/h1-2,5,7-8,11,13H,3-4,6,9-10,12H2,(H,23,28)(H,24,29). The first-order chi connectivity index (χ1) is 14.5. The van der Waals surface area contributed by atoms with Gasteiger partial charge in [0.25, 0.3) is 5.91 Å². The lowest BCUT2D eigenvalue weighted by Gasteiger charge is -2.07. The van der Waals surface area contributed by atoms with E-state index in [-0.39, 0.29) is 30.1 Å². The number of amides is 2. The number of hydrogen-bond acceptors (Lipinski definition) is 4. The molecule has 3 aromatic rings. The van der Waals surface area contributed by atoms with Crippen molar-refractivity contribution in [3.8, 4) is 0 Å². The highest BCUT2D eigenvalue weighted by atomic mass is 19.1. The number of aryl methyl sites for hydroxylation is 1. The Kier molecular flexibility index (Phi) is 6.89. The van der Waals surface area contributed by atoms with Gasteiger partial charge < -0.3 is 10.6 Å². The highest BCUT2D eigenvalue weighted by Crippen LogP contribution is 2.09. The third kappa shape index (κ3) is 5.28. The molecule has 0 unspecified atom stereocenters. The Labute approximate surface area is 170 Å². The summed E-state index contributed by atoms with van der Waals surface area (Å²) in [6.07, 6.45) is 2.73. The normalized spacial score (nSPS) is 10.9. The van der Waals surface area contributed by atoms with Gasteiger partial charge in [-0.25, -0.2) is 18.3 Å². The fraction of sp³-hybridized carbons (Fsp3) is 0.300. The van der Waals surface area contributed by atoms with E-state index in [2.05, 4.69) is 15.7 Å². The van der Waals surface area contributed by atoms with Crippen LogP contribution >= 0.6 is 0 Å². The summed E-state index contributed by atoms with van der Waals surface area (Å²) in [5, 5.41) is 9.44. The van der Waals surface area contributed by atoms with Crippen LogP contribution in [0.25, 0.3) is 5.65 Å². The fourth-order valence-corrected chi connectivity index (χ4v) is 2.88. The molecule has 0 saturated heterocycles. The minimum absolute atomic E-state index is 0.180. The van der Waals surface area contributed by atoms with E-state index in [1.54, 1.807) is 24.4 Å². The van der Waals surface area contributed by atoms with Crippen LogP contribution in [0.5, 0.6) is 0 Å². The zero-order valence-electron chi connectivity index (χ0n) is 16.1. The molecule has 0 saturated carbocycles. The quantitative estimate of drug-likeness (QED) is 0.516. The van der Waals surface area contributed by atoms with Crippen LogP contribution in [-0.4, -0.2) is 39.1 Å². The smallest absolute Gasteiger partial charge is 0.350 e. The predicted octanol–water partition coefficient (Wildman–Crippen LogP) is 1.49. The van der Waals surface area contributed by atoms with Gasteiger partial charge in [-0.05, 0) is 37.1 Å². The summed E-state index contributed by atoms with van der Waals surface area (Å²) in [4.78, 5) is 35.8. The first-order valence-corrected chi connectivity index (χ1v) is 9.50. The van der Waals surface area contributed by atoms with Gasteiger partial charge in [0.15, 0.2) is 5.65 Å². The molecule has 3 rings (SSSR count). The van der Waals surface area contributed by atoms with Gasteiger partial charge in [-0.15, -0.1) is 5.10 Å². The number of nitrogens with one attached hydrogen (secondary N) is 2. The van der Waals surface area contributed by atoms with E-state index in [4.69, 9.17) is 0 Å². The lowest BCUT2D eigenvalue weighted by Crippen LogP contribution is -2.29. The molecule has 0 spiro atoms. The molecule has 30 heavy (non-hydrogen) atoms. The maximum absolute atomic E-state index is 13.5. The van der Waals surface area contributed by atoms with Gasteiger partial charge in [0.05, 0.1) is 5.56 Å². The average Bonchev–Trinajstić information content (AvgIpc) is 3.04. The van der Waals surface area contributed by atoms with Crippen LogP contribution in [0, 0.1) is 11.6 Å². The Morgan fingerprint density at radius 3 is 2.60 bits per heavy atom. The molecule has 0 aliphatic heterocycles. The van der Waals surface area contributed by atoms with Gasteiger partial charge in [0.2, 0.25) is 5.91 Å². The molecule has 0 aliphatic carbocycles. The second-order valence-electron chi connectivity index (χ2n) is 6.62. The number of nitrogens with zero attached hydrogens (tertiary/aromatic N) is 3. The highest BCUT2D eigenvalue weighted by molar-refractivity contribution is 5.94. The largest absolute Gasteiger partial charge is 0.356 e. The summed E-state index contributed by atoms with van der Waals surface area (Å²) in [5.41, 5.74) is 0.0856. The van der Waals surface area contributed by atoms with Crippen molar-refractivity contribution in [3.05, 3.63) is 70.3 Å². The Balaban J connectivity index is 1.32. The summed E-state index contributed by atoms with van der Waals surface area (Å²) < 4.78 is 29.2. The molecule has 2 amide bonds. The molecule has 0 fully saturated rings. The lowest BCUT2D eigenvalue weighted by molar-refractivity contribution is -0.121. The van der Waals surface area contributed by atoms with Gasteiger partial charge in [0, 0.05) is 38.3 Å². The monoisotopic (exact) mass is 417 g/mol. The molecule has 2 aromatic heterocycles. The summed E-state index contributed by atoms with van der Waals surface area (Å²) in [5.74, 6) is -2.55. The van der Waals surface area contributed by atoms with E-state index < -0.39 is 17.5 Å². The van der Waals surface area contributed by atoms with Crippen LogP contribution in [0.15, 0.2) is 47.4 Å². The van der Waals surface area contributed by atoms with E-state index in [0.717, 1.165) is 12.1 Å². The minimum Gasteiger partial charge on any atom is -0.356 e. The van der Waals surface area contributed by atoms with Crippen LogP contribution in [0.4, 0.5) is 8.78 Å². The molecule has 2 N–H and O–H groups in total. The van der Waals surface area contributed by atoms with Crippen LogP contribution in [-0.2, 0) is 11.3 Å². The summed E-state index contributed by atoms with van der Waals surface area (Å²) in [6, 6.07) is 8.00. The zero-order chi connectivity index (χ0) is 21.5. The maximum Gasteiger partial charge on any atom is 0.350 e. The van der Waals surface area contributed by atoms with Crippen molar-refractivity contribution in [1.82, 2.24) is 24.8 Å². The summed E-state index contributed by atoms with van der Waals surface area (Å²) >= 11 is 0. The fourth-order valence-electron chi connectivity index (χ4n) is 2.88. The minimum atomic E-state index is -0.935. The van der Waals surface area contributed by atoms with E-state index >= 15 is 0 Å². The number of carbonyl (C=O) groups is 2. The number of rotatable bonds is 9. The first kappa shape index (κ1) is 21.2. The molecule has 10 heteroatoms. The number of pyridine rings is 1. The number of benzene rings is 1. The number of halogens is 2. The summed E-state index contributed by atoms with van der Waals surface area (Å²) in [6.45, 7) is 0.937. The zero-order valence-corrected chi connectivity index (χ0v) is 16.1. The summed E-state index contributed by atoms with van der Waals surface area (Å²) in [7, 11) is 0. The number of aromatic nitrogens is 3. The van der Waals surface area contributed by atoms with Crippen molar-refractivity contribution in [1.29, 1.82) is 0 Å². The van der Waals surface area contributed by atoms with Crippen LogP contribution in [0.1, 0.15) is 29.6 Å². The van der Waals surface area contributed by atoms with Crippen molar-refractivity contribution in [2.75, 3.05) is 13.1 Å². The van der Waals surface area contributed by atoms with Gasteiger partial charge >= 0.3 is 5.69 Å². The van der Waals surface area contributed by atoms with E-state index in [9.17, 15) is 23.2 Å². The topological polar surface area (TPSA) is 97.5 Å². The van der Waals surface area contributed by atoms with Gasteiger partial charge in [-0.3, -0.25) is 14.0 Å². The van der Waals surface area contributed by atoms with Gasteiger partial charge in [-0.2, -0.15) is 0 Å². The second kappa shape index (κ2) is 9.77. The van der Waals surface area contributed by atoms with Crippen LogP contribution < -0.4 is 16.3 Å². The van der Waals surface area contributed by atoms with Crippen LogP contribution in [0.3, 0.4) is 0 Å². The Hall–Kier alpha value is -3.56. The SMILES string of the molecule is O=C(CCCNC(=O)c1ccc(F)cc1F)NCCCn1nc2ccccn2c1=O. The molecule has 158 valence electrons. The van der Waals surface area contributed by atoms with Gasteiger partial charge in [-0.1, -0.05) is 6.07 Å². The van der Waals surface area contributed by atoms with Crippen molar-refractivity contribution in [2.45, 2.75) is 25.8 Å². The third-order valence-corrected chi connectivity index (χ3v) is 4.40. The Morgan fingerprint density at radius 2 is 1.83 bits per heavy atom. The number of carbonyl (C=O) groups excluding carboxylic acids is 2. The van der Waals surface area contributed by atoms with Crippen molar-refractivity contribution < 1.29 is 18.4 Å². The molecule has 8 nitrogen and oxygen atoms in total. The lowest BCUT2D eigenvalue weighted by atomic mass is 10.2. The molecule has 0 bridgehead atoms. The Bertz CT molecular complexity index is 1110. The molecular weight excluding hydrogens is 396 g/mol. The second-order valence-corrected chi connectivity index (χ2v) is 6.62. The number of fused-ring (bicyclic) bond motifs is 1. The van der Waals surface area contributed by atoms with E-state index in [1.165, 1.54) is 9.08 Å². The molecule has 0 atom stereocenters. The van der Waals surface area contributed by atoms with E-state index in [1.807, 2.05) is 0 Å². The predicted molar refractivity (Wildman–Crippen MR) is 105 cm³/mol. The van der Waals surface area contributed by atoms with Gasteiger partial charge in [0.1, 0.15) is 11.6 Å². The first-order valence-electron chi connectivity index (χ1n) is 9.50. The highest BCUT2D eigenvalue weighted by Gasteiger charge is 2.12. The molecule has 1 aromatic carbocycles. The maximum atomic E-state index is 13.5. The van der Waals surface area contributed by atoms with Crippen molar-refractivity contribution in [2.24, 2.45) is 0 Å². The molecule has 0 aliphatic rings.